The fraction of sp³-hybridized carbons (Fsp3) is 0.150. The number of hydrogen-bond donors (Lipinski definition) is 2. The lowest BCUT2D eigenvalue weighted by Crippen LogP contribution is -2.25. The maximum atomic E-state index is 12.9. The van der Waals surface area contributed by atoms with Gasteiger partial charge in [0.1, 0.15) is 11.4 Å². The van der Waals surface area contributed by atoms with Crippen LogP contribution >= 0.6 is 11.8 Å². The van der Waals surface area contributed by atoms with Gasteiger partial charge in [-0.3, -0.25) is 9.59 Å². The molecule has 0 aliphatic rings. The van der Waals surface area contributed by atoms with Crippen molar-refractivity contribution in [1.29, 1.82) is 0 Å². The van der Waals surface area contributed by atoms with Gasteiger partial charge in [-0.1, -0.05) is 36.0 Å². The molecular weight excluding hydrogens is 383 g/mol. The maximum absolute atomic E-state index is 12.9. The first-order valence-corrected chi connectivity index (χ1v) is 9.35. The third-order valence-corrected chi connectivity index (χ3v) is 5.02. The number of amides is 1. The van der Waals surface area contributed by atoms with Crippen LogP contribution in [0.5, 0.6) is 0 Å². The molecule has 6 nitrogen and oxygen atoms in total. The molecule has 0 saturated carbocycles. The SMILES string of the molecule is COC(=O)c1c(SCC(=O)NCc2ccc(F)cc2)[nH]c2ccccc2c1=O. The number of H-pyrrole nitrogens is 1. The van der Waals surface area contributed by atoms with E-state index in [0.29, 0.717) is 10.9 Å². The van der Waals surface area contributed by atoms with E-state index in [9.17, 15) is 18.8 Å². The summed E-state index contributed by atoms with van der Waals surface area (Å²) < 4.78 is 17.6. The average Bonchev–Trinajstić information content (AvgIpc) is 2.71. The second kappa shape index (κ2) is 8.71. The molecular formula is C20H17FN2O4S. The van der Waals surface area contributed by atoms with Crippen molar-refractivity contribution in [3.63, 3.8) is 0 Å². The van der Waals surface area contributed by atoms with E-state index in [1.54, 1.807) is 36.4 Å². The third-order valence-electron chi connectivity index (χ3n) is 4.01. The minimum absolute atomic E-state index is 0.0144. The number of nitrogens with one attached hydrogen (secondary N) is 2. The van der Waals surface area contributed by atoms with Gasteiger partial charge in [0.05, 0.1) is 23.4 Å². The zero-order valence-corrected chi connectivity index (χ0v) is 15.8. The summed E-state index contributed by atoms with van der Waals surface area (Å²) in [6.07, 6.45) is 0. The lowest BCUT2D eigenvalue weighted by molar-refractivity contribution is -0.118. The van der Waals surface area contributed by atoms with Crippen LogP contribution in [0.25, 0.3) is 10.9 Å². The van der Waals surface area contributed by atoms with Gasteiger partial charge in [-0.05, 0) is 29.8 Å². The summed E-state index contributed by atoms with van der Waals surface area (Å²) in [5.41, 5.74) is 0.747. The first-order chi connectivity index (χ1) is 13.5. The van der Waals surface area contributed by atoms with Crippen molar-refractivity contribution < 1.29 is 18.7 Å². The molecule has 2 aromatic carbocycles. The fourth-order valence-corrected chi connectivity index (χ4v) is 3.48. The molecule has 8 heteroatoms. The van der Waals surface area contributed by atoms with E-state index in [1.165, 1.54) is 19.2 Å². The molecule has 0 aliphatic carbocycles. The Kier molecular flexibility index (Phi) is 6.10. The van der Waals surface area contributed by atoms with Crippen LogP contribution < -0.4 is 10.7 Å². The number of fused-ring (bicyclic) bond motifs is 1. The van der Waals surface area contributed by atoms with E-state index in [-0.39, 0.29) is 34.6 Å². The second-order valence-corrected chi connectivity index (χ2v) is 6.87. The highest BCUT2D eigenvalue weighted by Gasteiger charge is 2.20. The zero-order valence-electron chi connectivity index (χ0n) is 15.0. The van der Waals surface area contributed by atoms with E-state index in [1.807, 2.05) is 0 Å². The minimum atomic E-state index is -0.763. The van der Waals surface area contributed by atoms with Crippen molar-refractivity contribution in [3.05, 3.63) is 75.7 Å². The number of carbonyl (C=O) groups is 2. The van der Waals surface area contributed by atoms with Crippen LogP contribution in [0.15, 0.2) is 58.4 Å². The van der Waals surface area contributed by atoms with Gasteiger partial charge in [-0.15, -0.1) is 0 Å². The second-order valence-electron chi connectivity index (χ2n) is 5.89. The highest BCUT2D eigenvalue weighted by atomic mass is 32.2. The summed E-state index contributed by atoms with van der Waals surface area (Å²) in [6, 6.07) is 12.6. The van der Waals surface area contributed by atoms with E-state index < -0.39 is 11.4 Å². The number of carbonyl (C=O) groups excluding carboxylic acids is 2. The molecule has 3 aromatic rings. The molecule has 0 unspecified atom stereocenters. The van der Waals surface area contributed by atoms with Crippen LogP contribution in [0.3, 0.4) is 0 Å². The predicted octanol–water partition coefficient (Wildman–Crippen LogP) is 2.86. The van der Waals surface area contributed by atoms with Crippen LogP contribution in [0.4, 0.5) is 4.39 Å². The van der Waals surface area contributed by atoms with E-state index in [2.05, 4.69) is 10.3 Å². The molecule has 0 atom stereocenters. The quantitative estimate of drug-likeness (QED) is 0.491. The van der Waals surface area contributed by atoms with Gasteiger partial charge in [0.2, 0.25) is 11.3 Å². The Morgan fingerprint density at radius 2 is 1.86 bits per heavy atom. The van der Waals surface area contributed by atoms with Crippen molar-refractivity contribution in [2.24, 2.45) is 0 Å². The van der Waals surface area contributed by atoms with Crippen molar-refractivity contribution in [3.8, 4) is 0 Å². The number of ether oxygens (including phenoxy) is 1. The summed E-state index contributed by atoms with van der Waals surface area (Å²) in [7, 11) is 1.20. The molecule has 2 N–H and O–H groups in total. The first kappa shape index (κ1) is 19.6. The van der Waals surface area contributed by atoms with E-state index in [0.717, 1.165) is 17.3 Å². The topological polar surface area (TPSA) is 88.3 Å². The summed E-state index contributed by atoms with van der Waals surface area (Å²) in [6.45, 7) is 0.248. The van der Waals surface area contributed by atoms with Crippen molar-refractivity contribution in [2.45, 2.75) is 11.6 Å². The van der Waals surface area contributed by atoms with Crippen LogP contribution in [-0.4, -0.2) is 29.7 Å². The van der Waals surface area contributed by atoms with E-state index >= 15 is 0 Å². The molecule has 28 heavy (non-hydrogen) atoms. The predicted molar refractivity (Wildman–Crippen MR) is 105 cm³/mol. The number of aromatic nitrogens is 1. The van der Waals surface area contributed by atoms with Gasteiger partial charge in [0.15, 0.2) is 0 Å². The maximum Gasteiger partial charge on any atom is 0.344 e. The van der Waals surface area contributed by atoms with Gasteiger partial charge < -0.3 is 15.0 Å². The van der Waals surface area contributed by atoms with Crippen LogP contribution in [-0.2, 0) is 16.1 Å². The van der Waals surface area contributed by atoms with Crippen molar-refractivity contribution in [1.82, 2.24) is 10.3 Å². The number of halogens is 1. The molecule has 0 fully saturated rings. The Labute approximate surface area is 164 Å². The monoisotopic (exact) mass is 400 g/mol. The van der Waals surface area contributed by atoms with Crippen LogP contribution in [0.2, 0.25) is 0 Å². The van der Waals surface area contributed by atoms with Crippen LogP contribution in [0.1, 0.15) is 15.9 Å². The smallest absolute Gasteiger partial charge is 0.344 e. The van der Waals surface area contributed by atoms with Crippen LogP contribution in [0, 0.1) is 5.82 Å². The van der Waals surface area contributed by atoms with Gasteiger partial charge in [0.25, 0.3) is 0 Å². The van der Waals surface area contributed by atoms with Gasteiger partial charge in [-0.25, -0.2) is 9.18 Å². The number of para-hydroxylation sites is 1. The molecule has 1 aromatic heterocycles. The summed E-state index contributed by atoms with van der Waals surface area (Å²) in [5.74, 6) is -1.42. The Morgan fingerprint density at radius 3 is 2.57 bits per heavy atom. The van der Waals surface area contributed by atoms with Crippen molar-refractivity contribution in [2.75, 3.05) is 12.9 Å². The molecule has 144 valence electrons. The summed E-state index contributed by atoms with van der Waals surface area (Å²) in [4.78, 5) is 39.9. The molecule has 0 radical (unpaired) electrons. The number of benzene rings is 2. The number of pyridine rings is 1. The van der Waals surface area contributed by atoms with Gasteiger partial charge >= 0.3 is 5.97 Å². The lowest BCUT2D eigenvalue weighted by Gasteiger charge is -2.10. The Balaban J connectivity index is 1.75. The third kappa shape index (κ3) is 4.40. The first-order valence-electron chi connectivity index (χ1n) is 8.37. The number of aromatic amines is 1. The van der Waals surface area contributed by atoms with E-state index in [4.69, 9.17) is 4.74 Å². The largest absolute Gasteiger partial charge is 0.465 e. The molecule has 0 aliphatic heterocycles. The molecule has 0 spiro atoms. The Bertz CT molecular complexity index is 1080. The number of thioether (sulfide) groups is 1. The molecule has 0 saturated heterocycles. The standard InChI is InChI=1S/C20H17FN2O4S/c1-27-20(26)17-18(25)14-4-2-3-5-15(14)23-19(17)28-11-16(24)22-10-12-6-8-13(21)9-7-12/h2-9H,10-11H2,1H3,(H,22,24)(H,23,25). The lowest BCUT2D eigenvalue weighted by atomic mass is 10.1. The Hall–Kier alpha value is -3.13. The average molecular weight is 400 g/mol. The number of rotatable bonds is 6. The molecule has 1 heterocycles. The highest BCUT2D eigenvalue weighted by Crippen LogP contribution is 2.22. The summed E-state index contributed by atoms with van der Waals surface area (Å²) >= 11 is 1.04. The summed E-state index contributed by atoms with van der Waals surface area (Å²) in [5, 5.41) is 3.35. The highest BCUT2D eigenvalue weighted by molar-refractivity contribution is 8.00. The number of methoxy groups -OCH3 is 1. The fourth-order valence-electron chi connectivity index (χ4n) is 2.60. The molecule has 0 bridgehead atoms. The zero-order chi connectivity index (χ0) is 20.1. The number of esters is 1. The van der Waals surface area contributed by atoms with Gasteiger partial charge in [-0.2, -0.15) is 0 Å². The molecule has 3 rings (SSSR count). The molecule has 1 amide bonds. The van der Waals surface area contributed by atoms with Crippen molar-refractivity contribution >= 4 is 34.5 Å². The minimum Gasteiger partial charge on any atom is -0.465 e. The van der Waals surface area contributed by atoms with Gasteiger partial charge in [0, 0.05) is 11.9 Å². The normalized spacial score (nSPS) is 10.6. The Morgan fingerprint density at radius 1 is 1.14 bits per heavy atom. The number of hydrogen-bond acceptors (Lipinski definition) is 5.